The molecule has 0 aliphatic carbocycles. The van der Waals surface area contributed by atoms with Crippen LogP contribution in [0.2, 0.25) is 10.0 Å². The first-order chi connectivity index (χ1) is 10.9. The Hall–Kier alpha value is -1.62. The Balaban J connectivity index is 2.12. The molecule has 3 aromatic rings. The zero-order chi connectivity index (χ0) is 16.6. The molecule has 0 saturated carbocycles. The van der Waals surface area contributed by atoms with Gasteiger partial charge in [0.1, 0.15) is 5.82 Å². The van der Waals surface area contributed by atoms with Gasteiger partial charge in [0.25, 0.3) is 0 Å². The number of benzene rings is 3. The minimum atomic E-state index is -3.73. The van der Waals surface area contributed by atoms with Gasteiger partial charge in [0.05, 0.1) is 10.6 Å². The molecule has 3 rings (SSSR count). The van der Waals surface area contributed by atoms with Gasteiger partial charge in [-0.3, -0.25) is 0 Å². The van der Waals surface area contributed by atoms with E-state index in [2.05, 4.69) is 0 Å². The lowest BCUT2D eigenvalue weighted by molar-refractivity contribution is 0.588. The van der Waals surface area contributed by atoms with Gasteiger partial charge in [0.2, 0.25) is 0 Å². The lowest BCUT2D eigenvalue weighted by Gasteiger charge is -2.10. The van der Waals surface area contributed by atoms with E-state index in [0.717, 1.165) is 6.07 Å². The zero-order valence-corrected chi connectivity index (χ0v) is 14.1. The molecule has 0 fully saturated rings. The molecule has 0 heterocycles. The summed E-state index contributed by atoms with van der Waals surface area (Å²) in [4.78, 5) is 0.131. The first kappa shape index (κ1) is 16.2. The molecule has 0 amide bonds. The normalized spacial score (nSPS) is 11.8. The molecule has 0 aromatic heterocycles. The molecule has 0 spiro atoms. The highest BCUT2D eigenvalue weighted by Gasteiger charge is 2.21. The van der Waals surface area contributed by atoms with Crippen molar-refractivity contribution in [3.05, 3.63) is 76.0 Å². The number of sulfone groups is 1. The van der Waals surface area contributed by atoms with Crippen LogP contribution >= 0.6 is 23.2 Å². The van der Waals surface area contributed by atoms with E-state index in [-0.39, 0.29) is 15.5 Å². The Morgan fingerprint density at radius 3 is 2.30 bits per heavy atom. The minimum Gasteiger partial charge on any atom is -0.223 e. The third-order valence-corrected chi connectivity index (χ3v) is 5.81. The minimum absolute atomic E-state index is 0.0773. The number of fused-ring (bicyclic) bond motifs is 1. The lowest BCUT2D eigenvalue weighted by atomic mass is 10.1. The molecule has 0 bridgehead atoms. The van der Waals surface area contributed by atoms with Crippen molar-refractivity contribution in [2.45, 2.75) is 10.6 Å². The average molecular weight is 369 g/mol. The second kappa shape index (κ2) is 6.11. The fraction of sp³-hybridized carbons (Fsp3) is 0.0588. The van der Waals surface area contributed by atoms with Crippen LogP contribution in [0.4, 0.5) is 4.39 Å². The summed E-state index contributed by atoms with van der Waals surface area (Å²) < 4.78 is 39.3. The quantitative estimate of drug-likeness (QED) is 0.631. The van der Waals surface area contributed by atoms with E-state index < -0.39 is 21.4 Å². The molecular formula is C17H11Cl2FO2S. The second-order valence-electron chi connectivity index (χ2n) is 5.09. The Morgan fingerprint density at radius 2 is 1.61 bits per heavy atom. The monoisotopic (exact) mass is 368 g/mol. The van der Waals surface area contributed by atoms with Crippen LogP contribution < -0.4 is 0 Å². The maximum absolute atomic E-state index is 13.9. The highest BCUT2D eigenvalue weighted by molar-refractivity contribution is 7.90. The summed E-state index contributed by atoms with van der Waals surface area (Å²) in [6, 6.07) is 13.9. The van der Waals surface area contributed by atoms with Crippen LogP contribution in [0, 0.1) is 5.82 Å². The molecule has 0 unspecified atom stereocenters. The van der Waals surface area contributed by atoms with Gasteiger partial charge in [-0.2, -0.15) is 0 Å². The Labute approximate surface area is 143 Å². The smallest absolute Gasteiger partial charge is 0.183 e. The maximum atomic E-state index is 13.9. The fourth-order valence-electron chi connectivity index (χ4n) is 2.43. The second-order valence-corrected chi connectivity index (χ2v) is 7.89. The first-order valence-corrected chi connectivity index (χ1v) is 9.13. The molecule has 2 nitrogen and oxygen atoms in total. The number of halogens is 3. The third-order valence-electron chi connectivity index (χ3n) is 3.53. The van der Waals surface area contributed by atoms with Crippen LogP contribution in [-0.2, 0) is 15.6 Å². The Bertz CT molecular complexity index is 1000. The number of rotatable bonds is 3. The van der Waals surface area contributed by atoms with Crippen molar-refractivity contribution in [2.75, 3.05) is 0 Å². The predicted molar refractivity (Wildman–Crippen MR) is 91.3 cm³/mol. The van der Waals surface area contributed by atoms with Gasteiger partial charge in [-0.1, -0.05) is 53.5 Å². The van der Waals surface area contributed by atoms with E-state index in [1.807, 2.05) is 0 Å². The Morgan fingerprint density at radius 1 is 0.913 bits per heavy atom. The van der Waals surface area contributed by atoms with Crippen molar-refractivity contribution in [3.63, 3.8) is 0 Å². The molecule has 6 heteroatoms. The molecular weight excluding hydrogens is 358 g/mol. The van der Waals surface area contributed by atoms with E-state index in [4.69, 9.17) is 23.2 Å². The van der Waals surface area contributed by atoms with Crippen molar-refractivity contribution in [1.82, 2.24) is 0 Å². The lowest BCUT2D eigenvalue weighted by Crippen LogP contribution is -2.07. The largest absolute Gasteiger partial charge is 0.223 e. The highest BCUT2D eigenvalue weighted by atomic mass is 35.5. The molecule has 0 radical (unpaired) electrons. The maximum Gasteiger partial charge on any atom is 0.183 e. The standard InChI is InChI=1S/C17H11Cl2FO2S/c18-12-6-5-11(16(20)9-12)10-23(21,22)17-8-7-15(19)13-3-1-2-4-14(13)17/h1-9H,10H2. The molecule has 0 aliphatic heterocycles. The van der Waals surface area contributed by atoms with Crippen LogP contribution in [0.25, 0.3) is 10.8 Å². The van der Waals surface area contributed by atoms with Gasteiger partial charge in [-0.25, -0.2) is 12.8 Å². The SMILES string of the molecule is O=S(=O)(Cc1ccc(Cl)cc1F)c1ccc(Cl)c2ccccc12. The summed E-state index contributed by atoms with van der Waals surface area (Å²) in [5.41, 5.74) is 0.0773. The van der Waals surface area contributed by atoms with E-state index in [9.17, 15) is 12.8 Å². The van der Waals surface area contributed by atoms with Gasteiger partial charge < -0.3 is 0 Å². The highest BCUT2D eigenvalue weighted by Crippen LogP contribution is 2.31. The van der Waals surface area contributed by atoms with E-state index in [0.29, 0.717) is 15.8 Å². The van der Waals surface area contributed by atoms with Crippen LogP contribution in [0.15, 0.2) is 59.5 Å². The van der Waals surface area contributed by atoms with Crippen LogP contribution in [-0.4, -0.2) is 8.42 Å². The zero-order valence-electron chi connectivity index (χ0n) is 11.8. The molecule has 23 heavy (non-hydrogen) atoms. The van der Waals surface area contributed by atoms with Crippen molar-refractivity contribution in [3.8, 4) is 0 Å². The summed E-state index contributed by atoms with van der Waals surface area (Å²) in [5.74, 6) is -1.08. The molecule has 0 aliphatic rings. The van der Waals surface area contributed by atoms with E-state index >= 15 is 0 Å². The van der Waals surface area contributed by atoms with E-state index in [1.165, 1.54) is 24.3 Å². The van der Waals surface area contributed by atoms with Crippen molar-refractivity contribution in [1.29, 1.82) is 0 Å². The third kappa shape index (κ3) is 3.20. The summed E-state index contributed by atoms with van der Waals surface area (Å²) >= 11 is 11.8. The van der Waals surface area contributed by atoms with Crippen molar-refractivity contribution in [2.24, 2.45) is 0 Å². The Kier molecular flexibility index (Phi) is 4.32. The van der Waals surface area contributed by atoms with Crippen LogP contribution in [0.3, 0.4) is 0 Å². The van der Waals surface area contributed by atoms with Crippen molar-refractivity contribution < 1.29 is 12.8 Å². The summed E-state index contributed by atoms with van der Waals surface area (Å²) in [6.07, 6.45) is 0. The van der Waals surface area contributed by atoms with E-state index in [1.54, 1.807) is 24.3 Å². The molecule has 0 atom stereocenters. The summed E-state index contributed by atoms with van der Waals surface area (Å²) in [7, 11) is -3.73. The number of hydrogen-bond acceptors (Lipinski definition) is 2. The first-order valence-electron chi connectivity index (χ1n) is 6.72. The fourth-order valence-corrected chi connectivity index (χ4v) is 4.40. The van der Waals surface area contributed by atoms with Crippen LogP contribution in [0.1, 0.15) is 5.56 Å². The number of hydrogen-bond donors (Lipinski definition) is 0. The van der Waals surface area contributed by atoms with Gasteiger partial charge in [-0.05, 0) is 24.3 Å². The molecule has 118 valence electrons. The molecule has 3 aromatic carbocycles. The topological polar surface area (TPSA) is 34.1 Å². The average Bonchev–Trinajstić information content (AvgIpc) is 2.50. The summed E-state index contributed by atoms with van der Waals surface area (Å²) in [5, 5.41) is 1.86. The molecule has 0 saturated heterocycles. The van der Waals surface area contributed by atoms with Gasteiger partial charge in [0, 0.05) is 26.4 Å². The van der Waals surface area contributed by atoms with Gasteiger partial charge in [-0.15, -0.1) is 0 Å². The van der Waals surface area contributed by atoms with Gasteiger partial charge >= 0.3 is 0 Å². The summed E-state index contributed by atoms with van der Waals surface area (Å²) in [6.45, 7) is 0. The van der Waals surface area contributed by atoms with Crippen molar-refractivity contribution >= 4 is 43.8 Å². The van der Waals surface area contributed by atoms with Gasteiger partial charge in [0.15, 0.2) is 9.84 Å². The van der Waals surface area contributed by atoms with Crippen LogP contribution in [0.5, 0.6) is 0 Å². The molecule has 0 N–H and O–H groups in total. The predicted octanol–water partition coefficient (Wildman–Crippen LogP) is 5.26.